The van der Waals surface area contributed by atoms with E-state index in [2.05, 4.69) is 53.4 Å². The van der Waals surface area contributed by atoms with Crippen LogP contribution in [0.5, 0.6) is 0 Å². The monoisotopic (exact) mass is 294 g/mol. The van der Waals surface area contributed by atoms with E-state index in [9.17, 15) is 0 Å². The Morgan fingerprint density at radius 1 is 1.05 bits per heavy atom. The average molecular weight is 294 g/mol. The number of nitrogens with two attached hydrogens (primary N) is 1. The largest absolute Gasteiger partial charge is 0.367 e. The van der Waals surface area contributed by atoms with Crippen molar-refractivity contribution in [1.82, 2.24) is 0 Å². The Morgan fingerprint density at radius 2 is 1.86 bits per heavy atom. The summed E-state index contributed by atoms with van der Waals surface area (Å²) in [6, 6.07) is 17.4. The molecule has 2 heterocycles. The zero-order valence-corrected chi connectivity index (χ0v) is 12.7. The Bertz CT molecular complexity index is 791. The number of thiophene rings is 1. The molecule has 106 valence electrons. The smallest absolute Gasteiger partial charge is 0.0447 e. The van der Waals surface area contributed by atoms with Crippen LogP contribution in [0.2, 0.25) is 0 Å². The second-order valence-corrected chi connectivity index (χ2v) is 6.64. The van der Waals surface area contributed by atoms with Gasteiger partial charge in [0.25, 0.3) is 0 Å². The van der Waals surface area contributed by atoms with Crippen LogP contribution in [0.1, 0.15) is 16.0 Å². The zero-order valence-electron chi connectivity index (χ0n) is 11.9. The highest BCUT2D eigenvalue weighted by molar-refractivity contribution is 7.19. The molecule has 2 nitrogen and oxygen atoms in total. The van der Waals surface area contributed by atoms with Gasteiger partial charge >= 0.3 is 0 Å². The summed E-state index contributed by atoms with van der Waals surface area (Å²) in [5, 5.41) is 1.37. The zero-order chi connectivity index (χ0) is 14.2. The maximum Gasteiger partial charge on any atom is 0.0447 e. The molecule has 0 spiro atoms. The molecule has 4 rings (SSSR count). The molecule has 2 aromatic carbocycles. The van der Waals surface area contributed by atoms with Gasteiger partial charge in [-0.3, -0.25) is 0 Å². The highest BCUT2D eigenvalue weighted by atomic mass is 32.1. The van der Waals surface area contributed by atoms with E-state index in [1.807, 2.05) is 11.3 Å². The lowest BCUT2D eigenvalue weighted by Crippen LogP contribution is -2.20. The third-order valence-electron chi connectivity index (χ3n) is 4.30. The van der Waals surface area contributed by atoms with Gasteiger partial charge in [-0.05, 0) is 35.1 Å². The van der Waals surface area contributed by atoms with Crippen LogP contribution in [-0.2, 0) is 19.5 Å². The molecule has 21 heavy (non-hydrogen) atoms. The van der Waals surface area contributed by atoms with E-state index < -0.39 is 0 Å². The summed E-state index contributed by atoms with van der Waals surface area (Å²) < 4.78 is 1.35. The number of anilines is 1. The fraction of sp³-hybridized carbons (Fsp3) is 0.222. The first-order chi connectivity index (χ1) is 10.4. The molecule has 0 saturated heterocycles. The van der Waals surface area contributed by atoms with Crippen LogP contribution in [0.3, 0.4) is 0 Å². The lowest BCUT2D eigenvalue weighted by Gasteiger charge is -2.20. The Hall–Kier alpha value is -1.84. The summed E-state index contributed by atoms with van der Waals surface area (Å²) in [6.07, 6.45) is 1.15. The van der Waals surface area contributed by atoms with E-state index in [4.69, 9.17) is 5.73 Å². The summed E-state index contributed by atoms with van der Waals surface area (Å²) in [5.41, 5.74) is 10.2. The molecule has 0 fully saturated rings. The van der Waals surface area contributed by atoms with Gasteiger partial charge in [0.15, 0.2) is 0 Å². The first-order valence-corrected chi connectivity index (χ1v) is 8.20. The Kier molecular flexibility index (Phi) is 3.17. The maximum atomic E-state index is 5.98. The molecule has 1 aliphatic heterocycles. The highest BCUT2D eigenvalue weighted by Crippen LogP contribution is 2.35. The van der Waals surface area contributed by atoms with Crippen molar-refractivity contribution < 1.29 is 0 Å². The minimum Gasteiger partial charge on any atom is -0.367 e. The van der Waals surface area contributed by atoms with Crippen LogP contribution in [-0.4, -0.2) is 6.54 Å². The number of hydrogen-bond donors (Lipinski definition) is 1. The predicted molar refractivity (Wildman–Crippen MR) is 90.9 cm³/mol. The third kappa shape index (κ3) is 2.13. The van der Waals surface area contributed by atoms with Crippen LogP contribution >= 0.6 is 11.3 Å². The van der Waals surface area contributed by atoms with Gasteiger partial charge in [-0.2, -0.15) is 0 Å². The molecule has 0 aliphatic carbocycles. The second kappa shape index (κ2) is 5.17. The van der Waals surface area contributed by atoms with Gasteiger partial charge < -0.3 is 10.6 Å². The van der Waals surface area contributed by atoms with E-state index in [1.54, 1.807) is 0 Å². The predicted octanol–water partition coefficient (Wildman–Crippen LogP) is 3.92. The average Bonchev–Trinajstić information content (AvgIpc) is 3.10. The van der Waals surface area contributed by atoms with E-state index in [1.165, 1.54) is 31.8 Å². The third-order valence-corrected chi connectivity index (χ3v) is 5.54. The van der Waals surface area contributed by atoms with Gasteiger partial charge in [0.2, 0.25) is 0 Å². The molecule has 2 N–H and O–H groups in total. The quantitative estimate of drug-likeness (QED) is 0.793. The van der Waals surface area contributed by atoms with Crippen molar-refractivity contribution in [3.05, 3.63) is 64.5 Å². The minimum absolute atomic E-state index is 0.629. The molecule has 0 amide bonds. The number of fused-ring (bicyclic) bond motifs is 2. The van der Waals surface area contributed by atoms with Crippen LogP contribution in [0.15, 0.2) is 48.5 Å². The van der Waals surface area contributed by atoms with E-state index >= 15 is 0 Å². The van der Waals surface area contributed by atoms with Crippen molar-refractivity contribution in [3.8, 4) is 0 Å². The molecular weight excluding hydrogens is 276 g/mol. The molecular formula is C18H18N2S. The molecule has 0 radical (unpaired) electrons. The van der Waals surface area contributed by atoms with Crippen molar-refractivity contribution in [2.24, 2.45) is 5.73 Å². The van der Waals surface area contributed by atoms with Gasteiger partial charge in [-0.25, -0.2) is 0 Å². The van der Waals surface area contributed by atoms with E-state index in [0.29, 0.717) is 6.54 Å². The summed E-state index contributed by atoms with van der Waals surface area (Å²) in [7, 11) is 0. The van der Waals surface area contributed by atoms with Crippen molar-refractivity contribution in [3.63, 3.8) is 0 Å². The minimum atomic E-state index is 0.629. The number of rotatable bonds is 3. The van der Waals surface area contributed by atoms with Crippen LogP contribution in [0, 0.1) is 0 Å². The molecule has 1 aliphatic rings. The van der Waals surface area contributed by atoms with Crippen molar-refractivity contribution in [1.29, 1.82) is 0 Å². The van der Waals surface area contributed by atoms with Gasteiger partial charge in [0.1, 0.15) is 0 Å². The van der Waals surface area contributed by atoms with Crippen molar-refractivity contribution >= 4 is 27.1 Å². The second-order valence-electron chi connectivity index (χ2n) is 5.50. The number of benzene rings is 2. The Morgan fingerprint density at radius 3 is 2.76 bits per heavy atom. The first kappa shape index (κ1) is 12.9. The lowest BCUT2D eigenvalue weighted by molar-refractivity contribution is 0.833. The summed E-state index contributed by atoms with van der Waals surface area (Å²) in [4.78, 5) is 3.81. The highest BCUT2D eigenvalue weighted by Gasteiger charge is 2.21. The van der Waals surface area contributed by atoms with Crippen LogP contribution in [0.25, 0.3) is 10.1 Å². The summed E-state index contributed by atoms with van der Waals surface area (Å²) >= 11 is 1.84. The molecule has 0 bridgehead atoms. The lowest BCUT2D eigenvalue weighted by atomic mass is 10.1. The Balaban J connectivity index is 1.75. The Labute approximate surface area is 128 Å². The fourth-order valence-electron chi connectivity index (χ4n) is 3.25. The van der Waals surface area contributed by atoms with Gasteiger partial charge in [-0.1, -0.05) is 36.4 Å². The summed E-state index contributed by atoms with van der Waals surface area (Å²) in [5.74, 6) is 0. The fourth-order valence-corrected chi connectivity index (χ4v) is 4.34. The SMILES string of the molecule is NCc1sc2ccccc2c1CN1CCc2ccccc21. The van der Waals surface area contributed by atoms with Crippen LogP contribution < -0.4 is 10.6 Å². The standard InChI is InChI=1S/C18H18N2S/c19-11-18-15(14-6-2-4-8-17(14)21-18)12-20-10-9-13-5-1-3-7-16(13)20/h1-8H,9-12,19H2. The first-order valence-electron chi connectivity index (χ1n) is 7.39. The van der Waals surface area contributed by atoms with E-state index in [0.717, 1.165) is 19.5 Å². The molecule has 1 aromatic heterocycles. The number of nitrogens with zero attached hydrogens (tertiary/aromatic N) is 1. The summed E-state index contributed by atoms with van der Waals surface area (Å²) in [6.45, 7) is 2.70. The van der Waals surface area contributed by atoms with Gasteiger partial charge in [-0.15, -0.1) is 11.3 Å². The number of para-hydroxylation sites is 1. The molecule has 3 aromatic rings. The van der Waals surface area contributed by atoms with Crippen molar-refractivity contribution in [2.75, 3.05) is 11.4 Å². The van der Waals surface area contributed by atoms with Gasteiger partial charge in [0.05, 0.1) is 0 Å². The van der Waals surface area contributed by atoms with Gasteiger partial charge in [0, 0.05) is 34.9 Å². The topological polar surface area (TPSA) is 29.3 Å². The van der Waals surface area contributed by atoms with Crippen LogP contribution in [0.4, 0.5) is 5.69 Å². The normalized spacial score (nSPS) is 13.9. The maximum absolute atomic E-state index is 5.98. The molecule has 0 unspecified atom stereocenters. The van der Waals surface area contributed by atoms with Crippen molar-refractivity contribution in [2.45, 2.75) is 19.5 Å². The number of hydrogen-bond acceptors (Lipinski definition) is 3. The molecule has 3 heteroatoms. The molecule has 0 saturated carbocycles. The molecule has 0 atom stereocenters. The van der Waals surface area contributed by atoms with E-state index in [-0.39, 0.29) is 0 Å².